The Morgan fingerprint density at radius 2 is 1.73 bits per heavy atom. The first-order valence-corrected chi connectivity index (χ1v) is 8.26. The lowest BCUT2D eigenvalue weighted by Gasteiger charge is -2.10. The Balaban J connectivity index is 1.95. The summed E-state index contributed by atoms with van der Waals surface area (Å²) in [4.78, 5) is 40.8. The van der Waals surface area contributed by atoms with Crippen molar-refractivity contribution in [2.45, 2.75) is 19.8 Å². The topological polar surface area (TPSA) is 86.0 Å². The first kappa shape index (κ1) is 17.6. The van der Waals surface area contributed by atoms with Gasteiger partial charge in [0, 0.05) is 19.7 Å². The van der Waals surface area contributed by atoms with E-state index < -0.39 is 11.2 Å². The van der Waals surface area contributed by atoms with Gasteiger partial charge in [-0.15, -0.1) is 0 Å². The summed E-state index contributed by atoms with van der Waals surface area (Å²) in [5.41, 5.74) is 1.44. The zero-order chi connectivity index (χ0) is 19.0. The molecule has 26 heavy (non-hydrogen) atoms. The Morgan fingerprint density at radius 1 is 1.08 bits per heavy atom. The quantitative estimate of drug-likeness (QED) is 0.781. The van der Waals surface area contributed by atoms with Gasteiger partial charge in [0.15, 0.2) is 0 Å². The smallest absolute Gasteiger partial charge is 0.321 e. The SMILES string of the molecule is CC(C)c1ccc(C(=O)Nc2cnc3c(c2)c(=O)n(C)c(=O)n3C)cc1. The minimum Gasteiger partial charge on any atom is -0.321 e. The summed E-state index contributed by atoms with van der Waals surface area (Å²) in [6, 6.07) is 8.90. The predicted octanol–water partition coefficient (Wildman–Crippen LogP) is 2.01. The van der Waals surface area contributed by atoms with Crippen LogP contribution in [0.2, 0.25) is 0 Å². The molecule has 0 bridgehead atoms. The fraction of sp³-hybridized carbons (Fsp3) is 0.263. The number of anilines is 1. The number of nitrogens with zero attached hydrogens (tertiary/aromatic N) is 3. The number of benzene rings is 1. The highest BCUT2D eigenvalue weighted by molar-refractivity contribution is 6.04. The van der Waals surface area contributed by atoms with Crippen molar-refractivity contribution in [2.24, 2.45) is 14.1 Å². The van der Waals surface area contributed by atoms with Gasteiger partial charge in [-0.3, -0.25) is 18.7 Å². The normalized spacial score (nSPS) is 11.1. The van der Waals surface area contributed by atoms with Crippen molar-refractivity contribution in [3.63, 3.8) is 0 Å². The van der Waals surface area contributed by atoms with Crippen molar-refractivity contribution in [3.8, 4) is 0 Å². The maximum absolute atomic E-state index is 12.4. The number of aryl methyl sites for hydroxylation is 1. The van der Waals surface area contributed by atoms with Gasteiger partial charge in [0.1, 0.15) is 5.65 Å². The van der Waals surface area contributed by atoms with Gasteiger partial charge in [-0.25, -0.2) is 9.78 Å². The van der Waals surface area contributed by atoms with E-state index >= 15 is 0 Å². The van der Waals surface area contributed by atoms with Gasteiger partial charge >= 0.3 is 5.69 Å². The number of aromatic nitrogens is 3. The van der Waals surface area contributed by atoms with E-state index in [2.05, 4.69) is 24.1 Å². The van der Waals surface area contributed by atoms with Gasteiger partial charge < -0.3 is 5.32 Å². The van der Waals surface area contributed by atoms with E-state index in [0.717, 1.165) is 10.1 Å². The van der Waals surface area contributed by atoms with Gasteiger partial charge in [0.2, 0.25) is 0 Å². The lowest BCUT2D eigenvalue weighted by Crippen LogP contribution is -2.37. The molecular weight excluding hydrogens is 332 g/mol. The number of hydrogen-bond donors (Lipinski definition) is 1. The minimum atomic E-state index is -0.451. The first-order chi connectivity index (χ1) is 12.3. The second-order valence-corrected chi connectivity index (χ2v) is 6.53. The third-order valence-corrected chi connectivity index (χ3v) is 4.39. The Morgan fingerprint density at radius 3 is 2.35 bits per heavy atom. The molecular formula is C19H20N4O3. The molecule has 0 spiro atoms. The van der Waals surface area contributed by atoms with Gasteiger partial charge in [-0.05, 0) is 29.7 Å². The molecule has 0 aliphatic carbocycles. The van der Waals surface area contributed by atoms with Crippen LogP contribution in [0.5, 0.6) is 0 Å². The molecule has 0 atom stereocenters. The maximum atomic E-state index is 12.4. The molecule has 2 heterocycles. The van der Waals surface area contributed by atoms with E-state index in [1.165, 1.54) is 23.9 Å². The largest absolute Gasteiger partial charge is 0.332 e. The lowest BCUT2D eigenvalue weighted by atomic mass is 10.0. The van der Waals surface area contributed by atoms with E-state index in [1.54, 1.807) is 19.2 Å². The van der Waals surface area contributed by atoms with Crippen LogP contribution in [0.4, 0.5) is 5.69 Å². The molecule has 3 rings (SSSR count). The number of hydrogen-bond acceptors (Lipinski definition) is 4. The van der Waals surface area contributed by atoms with Crippen LogP contribution in [0.25, 0.3) is 11.0 Å². The minimum absolute atomic E-state index is 0.266. The highest BCUT2D eigenvalue weighted by Gasteiger charge is 2.12. The van der Waals surface area contributed by atoms with E-state index in [4.69, 9.17) is 0 Å². The first-order valence-electron chi connectivity index (χ1n) is 8.26. The van der Waals surface area contributed by atoms with Crippen molar-refractivity contribution < 1.29 is 4.79 Å². The van der Waals surface area contributed by atoms with Crippen LogP contribution in [-0.4, -0.2) is 20.0 Å². The molecule has 0 radical (unpaired) electrons. The molecule has 0 aliphatic rings. The number of fused-ring (bicyclic) bond motifs is 1. The number of rotatable bonds is 3. The van der Waals surface area contributed by atoms with Crippen molar-refractivity contribution in [3.05, 3.63) is 68.5 Å². The van der Waals surface area contributed by atoms with Crippen molar-refractivity contribution in [2.75, 3.05) is 5.32 Å². The fourth-order valence-electron chi connectivity index (χ4n) is 2.76. The van der Waals surface area contributed by atoms with Gasteiger partial charge in [-0.2, -0.15) is 0 Å². The third kappa shape index (κ3) is 3.03. The van der Waals surface area contributed by atoms with Gasteiger partial charge in [0.25, 0.3) is 11.5 Å². The lowest BCUT2D eigenvalue weighted by molar-refractivity contribution is 0.102. The van der Waals surface area contributed by atoms with Crippen molar-refractivity contribution in [1.29, 1.82) is 0 Å². The average molecular weight is 352 g/mol. The molecule has 0 saturated carbocycles. The second-order valence-electron chi connectivity index (χ2n) is 6.53. The molecule has 1 amide bonds. The Hall–Kier alpha value is -3.22. The average Bonchev–Trinajstić information content (AvgIpc) is 2.64. The van der Waals surface area contributed by atoms with E-state index in [1.807, 2.05) is 12.1 Å². The highest BCUT2D eigenvalue weighted by atomic mass is 16.2. The van der Waals surface area contributed by atoms with Gasteiger partial charge in [0.05, 0.1) is 17.3 Å². The molecule has 2 aromatic heterocycles. The van der Waals surface area contributed by atoms with Gasteiger partial charge in [-0.1, -0.05) is 26.0 Å². The molecule has 1 aromatic carbocycles. The van der Waals surface area contributed by atoms with Crippen molar-refractivity contribution >= 4 is 22.6 Å². The number of nitrogens with one attached hydrogen (secondary N) is 1. The molecule has 7 heteroatoms. The number of carbonyl (C=O) groups excluding carboxylic acids is 1. The molecule has 0 aliphatic heterocycles. The molecule has 1 N–H and O–H groups in total. The Bertz CT molecular complexity index is 1110. The molecule has 0 fully saturated rings. The summed E-state index contributed by atoms with van der Waals surface area (Å²) >= 11 is 0. The van der Waals surface area contributed by atoms with E-state index in [9.17, 15) is 14.4 Å². The Kier molecular flexibility index (Phi) is 4.46. The summed E-state index contributed by atoms with van der Waals surface area (Å²) in [5.74, 6) is 0.0998. The number of amides is 1. The van der Waals surface area contributed by atoms with E-state index in [0.29, 0.717) is 17.2 Å². The highest BCUT2D eigenvalue weighted by Crippen LogP contribution is 2.17. The number of pyridine rings is 1. The zero-order valence-corrected chi connectivity index (χ0v) is 15.1. The number of carbonyl (C=O) groups is 1. The zero-order valence-electron chi connectivity index (χ0n) is 15.1. The summed E-state index contributed by atoms with van der Waals surface area (Å²) in [6.45, 7) is 4.17. The second kappa shape index (κ2) is 6.59. The summed E-state index contributed by atoms with van der Waals surface area (Å²) in [6.07, 6.45) is 1.43. The Labute approximate surface area is 149 Å². The maximum Gasteiger partial charge on any atom is 0.332 e. The molecule has 7 nitrogen and oxygen atoms in total. The van der Waals surface area contributed by atoms with Crippen LogP contribution in [0.15, 0.2) is 46.1 Å². The van der Waals surface area contributed by atoms with E-state index in [-0.39, 0.29) is 16.9 Å². The summed E-state index contributed by atoms with van der Waals surface area (Å²) < 4.78 is 2.31. The standard InChI is InChI=1S/C19H20N4O3/c1-11(2)12-5-7-13(8-6-12)17(24)21-14-9-15-16(20-10-14)22(3)19(26)23(4)18(15)25/h5-11H,1-4H3,(H,21,24). The molecule has 0 saturated heterocycles. The van der Waals surface area contributed by atoms with Crippen LogP contribution in [0, 0.1) is 0 Å². The molecule has 134 valence electrons. The predicted molar refractivity (Wildman–Crippen MR) is 101 cm³/mol. The third-order valence-electron chi connectivity index (χ3n) is 4.39. The van der Waals surface area contributed by atoms with Crippen LogP contribution in [0.3, 0.4) is 0 Å². The van der Waals surface area contributed by atoms with Crippen LogP contribution in [-0.2, 0) is 14.1 Å². The van der Waals surface area contributed by atoms with Crippen LogP contribution in [0.1, 0.15) is 35.7 Å². The molecule has 0 unspecified atom stereocenters. The summed E-state index contributed by atoms with van der Waals surface area (Å²) in [7, 11) is 2.96. The van der Waals surface area contributed by atoms with Crippen LogP contribution < -0.4 is 16.6 Å². The van der Waals surface area contributed by atoms with Crippen LogP contribution >= 0.6 is 0 Å². The summed E-state index contributed by atoms with van der Waals surface area (Å²) in [5, 5.41) is 3.01. The molecule has 3 aromatic rings. The fourth-order valence-corrected chi connectivity index (χ4v) is 2.76. The monoisotopic (exact) mass is 352 g/mol. The van der Waals surface area contributed by atoms with Crippen molar-refractivity contribution in [1.82, 2.24) is 14.1 Å².